The minimum absolute atomic E-state index is 0.0295. The molecule has 0 amide bonds. The number of hydrogen-bond acceptors (Lipinski definition) is 4. The van der Waals surface area contributed by atoms with Gasteiger partial charge in [-0.25, -0.2) is 4.72 Å². The summed E-state index contributed by atoms with van der Waals surface area (Å²) in [6, 6.07) is 0.0844. The van der Waals surface area contributed by atoms with Crippen molar-refractivity contribution in [1.82, 2.24) is 4.72 Å². The van der Waals surface area contributed by atoms with Crippen molar-refractivity contribution in [3.63, 3.8) is 0 Å². The highest BCUT2D eigenvalue weighted by Crippen LogP contribution is 2.07. The molecule has 0 spiro atoms. The van der Waals surface area contributed by atoms with Gasteiger partial charge >= 0.3 is 10.2 Å². The van der Waals surface area contributed by atoms with Crippen LogP contribution in [0.1, 0.15) is 26.7 Å². The largest absolute Gasteiger partial charge is 0.478 e. The van der Waals surface area contributed by atoms with Crippen LogP contribution in [0, 0.1) is 0 Å². The Morgan fingerprint density at radius 1 is 1.47 bits per heavy atom. The van der Waals surface area contributed by atoms with E-state index in [1.165, 1.54) is 7.11 Å². The summed E-state index contributed by atoms with van der Waals surface area (Å²) in [6.45, 7) is 3.98. The third-order valence-electron chi connectivity index (χ3n) is 2.08. The van der Waals surface area contributed by atoms with E-state index >= 15 is 0 Å². The van der Waals surface area contributed by atoms with Gasteiger partial charge in [-0.15, -0.1) is 4.40 Å². The van der Waals surface area contributed by atoms with Crippen LogP contribution < -0.4 is 4.72 Å². The van der Waals surface area contributed by atoms with Crippen LogP contribution in [0.15, 0.2) is 9.39 Å². The number of hydrogen-bond donors (Lipinski definition) is 1. The Morgan fingerprint density at radius 2 is 2.07 bits per heavy atom. The van der Waals surface area contributed by atoms with Crippen molar-refractivity contribution < 1.29 is 13.2 Å². The molecule has 0 saturated heterocycles. The number of nitrogens with zero attached hydrogens (tertiary/aromatic N) is 2. The van der Waals surface area contributed by atoms with Gasteiger partial charge in [-0.3, -0.25) is 4.99 Å². The number of rotatable bonds is 3. The number of amidine groups is 1. The fourth-order valence-corrected chi connectivity index (χ4v) is 2.02. The van der Waals surface area contributed by atoms with Gasteiger partial charge in [-0.1, -0.05) is 13.8 Å². The molecule has 1 heterocycles. The van der Waals surface area contributed by atoms with Crippen molar-refractivity contribution in [3.8, 4) is 0 Å². The molecule has 0 bridgehead atoms. The summed E-state index contributed by atoms with van der Waals surface area (Å²) in [6.07, 6.45) is 1.69. The molecule has 0 aromatic heterocycles. The van der Waals surface area contributed by atoms with Gasteiger partial charge in [0.05, 0.1) is 13.2 Å². The lowest BCUT2D eigenvalue weighted by Crippen LogP contribution is -2.29. The predicted octanol–water partition coefficient (Wildman–Crippen LogP) is 0.466. The molecule has 1 aliphatic rings. The molecular weight excluding hydrogens is 218 g/mol. The lowest BCUT2D eigenvalue weighted by Gasteiger charge is -2.07. The molecule has 15 heavy (non-hydrogen) atoms. The quantitative estimate of drug-likeness (QED) is 0.769. The van der Waals surface area contributed by atoms with E-state index < -0.39 is 10.2 Å². The molecule has 1 rings (SSSR count). The second-order valence-corrected chi connectivity index (χ2v) is 4.46. The molecule has 0 radical (unpaired) electrons. The van der Waals surface area contributed by atoms with Gasteiger partial charge in [0, 0.05) is 0 Å². The van der Waals surface area contributed by atoms with Gasteiger partial charge in [-0.05, 0) is 12.8 Å². The molecule has 1 N–H and O–H groups in total. The maximum absolute atomic E-state index is 11.1. The van der Waals surface area contributed by atoms with Crippen LogP contribution >= 0.6 is 0 Å². The fourth-order valence-electron chi connectivity index (χ4n) is 1.21. The van der Waals surface area contributed by atoms with Gasteiger partial charge in [0.1, 0.15) is 0 Å². The summed E-state index contributed by atoms with van der Waals surface area (Å²) in [5.74, 6) is 0.230. The smallest absolute Gasteiger partial charge is 0.347 e. The normalized spacial score (nSPS) is 21.6. The van der Waals surface area contributed by atoms with E-state index in [1.54, 1.807) is 0 Å². The van der Waals surface area contributed by atoms with Crippen LogP contribution in [0.25, 0.3) is 0 Å². The monoisotopic (exact) mass is 233 g/mol. The van der Waals surface area contributed by atoms with Crippen LogP contribution in [0.5, 0.6) is 0 Å². The molecule has 0 fully saturated rings. The van der Waals surface area contributed by atoms with Gasteiger partial charge < -0.3 is 4.74 Å². The van der Waals surface area contributed by atoms with Crippen molar-refractivity contribution in [1.29, 1.82) is 0 Å². The summed E-state index contributed by atoms with van der Waals surface area (Å²) in [4.78, 5) is 4.23. The molecule has 0 aromatic rings. The Balaban J connectivity index is 2.94. The van der Waals surface area contributed by atoms with E-state index in [0.717, 1.165) is 12.8 Å². The summed E-state index contributed by atoms with van der Waals surface area (Å²) >= 11 is 0. The first-order chi connectivity index (χ1) is 7.02. The maximum Gasteiger partial charge on any atom is 0.347 e. The van der Waals surface area contributed by atoms with E-state index in [1.807, 2.05) is 13.8 Å². The van der Waals surface area contributed by atoms with Crippen LogP contribution in [0.2, 0.25) is 0 Å². The summed E-state index contributed by atoms with van der Waals surface area (Å²) < 4.78 is 32.6. The highest BCUT2D eigenvalue weighted by molar-refractivity contribution is 7.89. The van der Waals surface area contributed by atoms with Crippen molar-refractivity contribution >= 4 is 21.9 Å². The second kappa shape index (κ2) is 4.61. The van der Waals surface area contributed by atoms with Gasteiger partial charge in [0.2, 0.25) is 5.84 Å². The average Bonchev–Trinajstić information content (AvgIpc) is 2.49. The lowest BCUT2D eigenvalue weighted by molar-refractivity contribution is 0.412. The van der Waals surface area contributed by atoms with E-state index in [2.05, 4.69) is 14.1 Å². The van der Waals surface area contributed by atoms with Crippen LogP contribution in [0.3, 0.4) is 0 Å². The summed E-state index contributed by atoms with van der Waals surface area (Å²) in [5.41, 5.74) is 0. The maximum atomic E-state index is 11.1. The third-order valence-corrected chi connectivity index (χ3v) is 2.94. The highest BCUT2D eigenvalue weighted by Gasteiger charge is 2.27. The molecule has 0 atom stereocenters. The summed E-state index contributed by atoms with van der Waals surface area (Å²) in [5, 5.41) is 0. The van der Waals surface area contributed by atoms with Gasteiger partial charge in [-0.2, -0.15) is 8.42 Å². The fraction of sp³-hybridized carbons (Fsp3) is 0.750. The van der Waals surface area contributed by atoms with Crippen LogP contribution in [-0.2, 0) is 14.9 Å². The van der Waals surface area contributed by atoms with Crippen molar-refractivity contribution in [2.45, 2.75) is 32.7 Å². The highest BCUT2D eigenvalue weighted by atomic mass is 32.2. The standard InChI is InChI=1S/C8H15N3O3S/c1-4-6(5-2)9-7-8(14-3)11-15(12,13)10-7/h6H,4-5H2,1-3H3,(H,9,10). The molecule has 1 aliphatic heterocycles. The zero-order valence-electron chi connectivity index (χ0n) is 9.02. The van der Waals surface area contributed by atoms with Crippen molar-refractivity contribution in [2.75, 3.05) is 7.11 Å². The lowest BCUT2D eigenvalue weighted by atomic mass is 10.2. The number of aliphatic imine (C=N–C) groups is 1. The molecule has 6 nitrogen and oxygen atoms in total. The predicted molar refractivity (Wildman–Crippen MR) is 58.3 cm³/mol. The Bertz CT molecular complexity index is 382. The Hall–Kier alpha value is -1.11. The van der Waals surface area contributed by atoms with Crippen LogP contribution in [0.4, 0.5) is 0 Å². The second-order valence-electron chi connectivity index (χ2n) is 3.13. The minimum atomic E-state index is -3.64. The molecule has 0 aliphatic carbocycles. The summed E-state index contributed by atoms with van der Waals surface area (Å²) in [7, 11) is -2.27. The minimum Gasteiger partial charge on any atom is -0.478 e. The Labute approximate surface area is 89.6 Å². The zero-order valence-corrected chi connectivity index (χ0v) is 9.84. The molecular formula is C8H15N3O3S. The van der Waals surface area contributed by atoms with E-state index in [4.69, 9.17) is 4.74 Å². The average molecular weight is 233 g/mol. The molecule has 0 aromatic carbocycles. The Kier molecular flexibility index (Phi) is 3.67. The molecule has 7 heteroatoms. The van der Waals surface area contributed by atoms with E-state index in [9.17, 15) is 8.42 Å². The van der Waals surface area contributed by atoms with E-state index in [-0.39, 0.29) is 17.8 Å². The first-order valence-corrected chi connectivity index (χ1v) is 6.21. The van der Waals surface area contributed by atoms with Gasteiger partial charge in [0.15, 0.2) is 0 Å². The molecule has 0 saturated carbocycles. The SMILES string of the molecule is CCC(CC)N=C1NS(=O)(=O)N=C1OC. The van der Waals surface area contributed by atoms with E-state index in [0.29, 0.717) is 0 Å². The number of nitrogens with one attached hydrogen (secondary N) is 1. The van der Waals surface area contributed by atoms with Gasteiger partial charge in [0.25, 0.3) is 5.90 Å². The van der Waals surface area contributed by atoms with Crippen molar-refractivity contribution in [3.05, 3.63) is 0 Å². The Morgan fingerprint density at radius 3 is 2.53 bits per heavy atom. The topological polar surface area (TPSA) is 80.1 Å². The number of methoxy groups -OCH3 is 1. The van der Waals surface area contributed by atoms with Crippen molar-refractivity contribution in [2.24, 2.45) is 9.39 Å². The first kappa shape index (κ1) is 12.0. The van der Waals surface area contributed by atoms with Crippen LogP contribution in [-0.4, -0.2) is 33.3 Å². The first-order valence-electron chi connectivity index (χ1n) is 4.77. The molecule has 86 valence electrons. The zero-order chi connectivity index (χ0) is 11.5. The third kappa shape index (κ3) is 2.92. The molecule has 0 unspecified atom stereocenters. The number of ether oxygens (including phenoxy) is 1.